The monoisotopic (exact) mass is 419 g/mol. The molecule has 0 unspecified atom stereocenters. The standard InChI is InChI=1S/C13H7N3O.C6H6N4O2S/c14-16-15-8-5-6-10-9-3-1-2-4-11(9)13(17)12(10)7-8;7-10-9-5-2-1-3-6(4-5)13(8,11)12/h1-7H;1-4H,(H2,8,11,12). The average Bonchev–Trinajstić information content (AvgIpc) is 3.01. The van der Waals surface area contributed by atoms with E-state index in [4.69, 9.17) is 16.2 Å². The fourth-order valence-corrected chi connectivity index (χ4v) is 3.46. The molecule has 0 fully saturated rings. The number of hydrogen-bond donors (Lipinski definition) is 1. The number of azide groups is 2. The second-order valence-electron chi connectivity index (χ2n) is 6.03. The summed E-state index contributed by atoms with van der Waals surface area (Å²) in [5, 5.41) is 11.6. The predicted octanol–water partition coefficient (Wildman–Crippen LogP) is 5.12. The molecule has 0 saturated heterocycles. The van der Waals surface area contributed by atoms with Crippen LogP contribution in [-0.2, 0) is 10.0 Å². The van der Waals surface area contributed by atoms with Crippen molar-refractivity contribution in [2.45, 2.75) is 4.90 Å². The quantitative estimate of drug-likeness (QED) is 0.276. The van der Waals surface area contributed by atoms with Gasteiger partial charge in [0.15, 0.2) is 5.78 Å². The van der Waals surface area contributed by atoms with Crippen molar-refractivity contribution >= 4 is 27.2 Å². The Morgan fingerprint density at radius 1 is 0.733 bits per heavy atom. The van der Waals surface area contributed by atoms with Crippen molar-refractivity contribution in [3.8, 4) is 11.1 Å². The number of primary sulfonamides is 1. The molecule has 2 N–H and O–H groups in total. The Hall–Kier alpha value is -4.14. The first-order valence-electron chi connectivity index (χ1n) is 8.36. The summed E-state index contributed by atoms with van der Waals surface area (Å²) in [6.45, 7) is 0. The first kappa shape index (κ1) is 20.6. The van der Waals surface area contributed by atoms with Crippen LogP contribution in [-0.4, -0.2) is 14.2 Å². The fraction of sp³-hybridized carbons (Fsp3) is 0. The number of nitrogens with zero attached hydrogens (tertiary/aromatic N) is 6. The number of hydrogen-bond acceptors (Lipinski definition) is 5. The van der Waals surface area contributed by atoms with Crippen LogP contribution in [0.2, 0.25) is 0 Å². The summed E-state index contributed by atoms with van der Waals surface area (Å²) in [7, 11) is -3.73. The Balaban J connectivity index is 0.000000178. The van der Waals surface area contributed by atoms with Gasteiger partial charge in [-0.05, 0) is 40.4 Å². The minimum Gasteiger partial charge on any atom is -0.289 e. The van der Waals surface area contributed by atoms with Crippen LogP contribution in [0.4, 0.5) is 11.4 Å². The van der Waals surface area contributed by atoms with Gasteiger partial charge in [-0.25, -0.2) is 13.6 Å². The Morgan fingerprint density at radius 3 is 1.97 bits per heavy atom. The van der Waals surface area contributed by atoms with Gasteiger partial charge in [0.2, 0.25) is 10.0 Å². The topological polar surface area (TPSA) is 175 Å². The maximum absolute atomic E-state index is 12.1. The smallest absolute Gasteiger partial charge is 0.238 e. The number of sulfonamides is 1. The van der Waals surface area contributed by atoms with Gasteiger partial charge in [-0.3, -0.25) is 4.79 Å². The molecule has 4 rings (SSSR count). The van der Waals surface area contributed by atoms with Crippen molar-refractivity contribution in [3.63, 3.8) is 0 Å². The van der Waals surface area contributed by atoms with Gasteiger partial charge >= 0.3 is 0 Å². The average molecular weight is 419 g/mol. The number of rotatable bonds is 3. The highest BCUT2D eigenvalue weighted by Crippen LogP contribution is 2.38. The molecule has 148 valence electrons. The van der Waals surface area contributed by atoms with E-state index in [1.165, 1.54) is 24.3 Å². The molecule has 1 aliphatic rings. The van der Waals surface area contributed by atoms with Gasteiger partial charge in [0.05, 0.1) is 4.90 Å². The summed E-state index contributed by atoms with van der Waals surface area (Å²) < 4.78 is 21.7. The minimum absolute atomic E-state index is 0.00871. The molecule has 0 spiro atoms. The molecule has 0 heterocycles. The van der Waals surface area contributed by atoms with Gasteiger partial charge in [-0.2, -0.15) is 0 Å². The van der Waals surface area contributed by atoms with Crippen molar-refractivity contribution in [2.24, 2.45) is 15.4 Å². The van der Waals surface area contributed by atoms with Crippen LogP contribution in [0.25, 0.3) is 32.0 Å². The molecule has 0 atom stereocenters. The van der Waals surface area contributed by atoms with Crippen LogP contribution in [0.1, 0.15) is 15.9 Å². The van der Waals surface area contributed by atoms with E-state index in [0.29, 0.717) is 16.8 Å². The molecule has 0 aromatic heterocycles. The van der Waals surface area contributed by atoms with Gasteiger partial charge in [-0.15, -0.1) is 0 Å². The Bertz CT molecular complexity index is 1360. The molecule has 11 heteroatoms. The van der Waals surface area contributed by atoms with Crippen molar-refractivity contribution in [3.05, 3.63) is 98.7 Å². The van der Waals surface area contributed by atoms with Gasteiger partial charge in [0.1, 0.15) is 0 Å². The van der Waals surface area contributed by atoms with E-state index < -0.39 is 10.0 Å². The van der Waals surface area contributed by atoms with E-state index >= 15 is 0 Å². The lowest BCUT2D eigenvalue weighted by Crippen LogP contribution is -2.11. The normalized spacial score (nSPS) is 11.2. The Morgan fingerprint density at radius 2 is 1.33 bits per heavy atom. The predicted molar refractivity (Wildman–Crippen MR) is 111 cm³/mol. The zero-order valence-corrected chi connectivity index (χ0v) is 16.1. The van der Waals surface area contributed by atoms with Gasteiger partial charge < -0.3 is 0 Å². The number of ketones is 1. The second kappa shape index (κ2) is 8.48. The molecule has 0 amide bonds. The Labute approximate surface area is 170 Å². The summed E-state index contributed by atoms with van der Waals surface area (Å²) in [6, 6.07) is 18.1. The van der Waals surface area contributed by atoms with Crippen LogP contribution in [0.15, 0.2) is 81.9 Å². The summed E-state index contributed by atoms with van der Waals surface area (Å²) >= 11 is 0. The highest BCUT2D eigenvalue weighted by atomic mass is 32.2. The third kappa shape index (κ3) is 4.30. The fourth-order valence-electron chi connectivity index (χ4n) is 2.90. The van der Waals surface area contributed by atoms with Gasteiger partial charge in [0, 0.05) is 32.3 Å². The molecular formula is C19H13N7O3S. The maximum Gasteiger partial charge on any atom is 0.238 e. The minimum atomic E-state index is -3.73. The molecule has 0 saturated carbocycles. The molecule has 3 aromatic carbocycles. The third-order valence-corrected chi connectivity index (χ3v) is 5.09. The van der Waals surface area contributed by atoms with Crippen molar-refractivity contribution in [2.75, 3.05) is 0 Å². The van der Waals surface area contributed by atoms with Crippen LogP contribution in [0.5, 0.6) is 0 Å². The van der Waals surface area contributed by atoms with E-state index in [0.717, 1.165) is 11.1 Å². The number of carbonyl (C=O) groups excluding carboxylic acids is 1. The SMILES string of the molecule is [N-]=[N+]=Nc1ccc2c(c1)C(=O)c1ccccc1-2.[N-]=[N+]=Nc1cccc(S(N)(=O)=O)c1. The summed E-state index contributed by atoms with van der Waals surface area (Å²) in [5.41, 5.74) is 20.3. The van der Waals surface area contributed by atoms with E-state index in [1.54, 1.807) is 12.1 Å². The molecule has 0 radical (unpaired) electrons. The lowest BCUT2D eigenvalue weighted by atomic mass is 10.1. The summed E-state index contributed by atoms with van der Waals surface area (Å²) in [5.74, 6) is -0.00871. The molecule has 1 aliphatic carbocycles. The van der Waals surface area contributed by atoms with Gasteiger partial charge in [-0.1, -0.05) is 58.8 Å². The number of carbonyl (C=O) groups is 1. The van der Waals surface area contributed by atoms with Crippen molar-refractivity contribution < 1.29 is 13.2 Å². The number of benzene rings is 3. The molecule has 3 aromatic rings. The van der Waals surface area contributed by atoms with Crippen molar-refractivity contribution in [1.82, 2.24) is 0 Å². The largest absolute Gasteiger partial charge is 0.289 e. The number of fused-ring (bicyclic) bond motifs is 3. The molecule has 10 nitrogen and oxygen atoms in total. The van der Waals surface area contributed by atoms with Crippen LogP contribution >= 0.6 is 0 Å². The van der Waals surface area contributed by atoms with E-state index in [9.17, 15) is 13.2 Å². The Kier molecular flexibility index (Phi) is 5.82. The zero-order chi connectivity index (χ0) is 21.7. The van der Waals surface area contributed by atoms with E-state index in [-0.39, 0.29) is 16.4 Å². The highest BCUT2D eigenvalue weighted by Gasteiger charge is 2.25. The third-order valence-electron chi connectivity index (χ3n) is 4.18. The number of nitrogens with two attached hydrogens (primary N) is 1. The molecular weight excluding hydrogens is 406 g/mol. The zero-order valence-electron chi connectivity index (χ0n) is 15.2. The lowest BCUT2D eigenvalue weighted by Gasteiger charge is -1.99. The van der Waals surface area contributed by atoms with E-state index in [1.807, 2.05) is 30.3 Å². The van der Waals surface area contributed by atoms with Gasteiger partial charge in [0.25, 0.3) is 0 Å². The molecule has 0 bridgehead atoms. The molecule has 0 aliphatic heterocycles. The van der Waals surface area contributed by atoms with Crippen molar-refractivity contribution in [1.29, 1.82) is 0 Å². The lowest BCUT2D eigenvalue weighted by molar-refractivity contribution is 0.104. The van der Waals surface area contributed by atoms with Crippen LogP contribution in [0.3, 0.4) is 0 Å². The second-order valence-corrected chi connectivity index (χ2v) is 7.59. The van der Waals surface area contributed by atoms with Crippen LogP contribution < -0.4 is 5.14 Å². The summed E-state index contributed by atoms with van der Waals surface area (Å²) in [4.78, 5) is 17.3. The summed E-state index contributed by atoms with van der Waals surface area (Å²) in [6.07, 6.45) is 0. The first-order valence-corrected chi connectivity index (χ1v) is 9.91. The maximum atomic E-state index is 12.1. The van der Waals surface area contributed by atoms with Crippen LogP contribution in [0, 0.1) is 0 Å². The first-order chi connectivity index (χ1) is 14.3. The highest BCUT2D eigenvalue weighted by molar-refractivity contribution is 7.89. The van der Waals surface area contributed by atoms with E-state index in [2.05, 4.69) is 20.1 Å². The molecule has 30 heavy (non-hydrogen) atoms.